The van der Waals surface area contributed by atoms with Gasteiger partial charge in [-0.3, -0.25) is 4.79 Å². The van der Waals surface area contributed by atoms with Gasteiger partial charge in [0.2, 0.25) is 5.91 Å². The molecule has 1 aliphatic heterocycles. The van der Waals surface area contributed by atoms with Crippen LogP contribution in [0.1, 0.15) is 60.6 Å². The van der Waals surface area contributed by atoms with Crippen molar-refractivity contribution >= 4 is 23.5 Å². The SMILES string of the molecule is CC(C)OC(=O)C(NC(=O)Cc1ccc(C(=O)O)c(O)c1)c1ccccc1N1CCCCC1. The second-order valence-electron chi connectivity index (χ2n) is 8.43. The van der Waals surface area contributed by atoms with E-state index in [-0.39, 0.29) is 18.1 Å². The number of esters is 1. The minimum Gasteiger partial charge on any atom is -0.507 e. The average Bonchev–Trinajstić information content (AvgIpc) is 2.77. The van der Waals surface area contributed by atoms with Gasteiger partial charge in [-0.1, -0.05) is 24.3 Å². The van der Waals surface area contributed by atoms with E-state index in [1.165, 1.54) is 24.6 Å². The number of nitrogens with one attached hydrogen (secondary N) is 1. The molecule has 2 aromatic carbocycles. The van der Waals surface area contributed by atoms with Crippen molar-refractivity contribution in [2.75, 3.05) is 18.0 Å². The van der Waals surface area contributed by atoms with Crippen molar-refractivity contribution in [3.8, 4) is 5.75 Å². The van der Waals surface area contributed by atoms with Crippen LogP contribution in [-0.2, 0) is 20.7 Å². The summed E-state index contributed by atoms with van der Waals surface area (Å²) in [6, 6.07) is 10.5. The lowest BCUT2D eigenvalue weighted by atomic mass is 10.0. The lowest BCUT2D eigenvalue weighted by Gasteiger charge is -2.32. The molecular formula is C25H30N2O6. The standard InChI is InChI=1S/C25H30N2O6/c1-16(2)33-25(32)23(18-8-4-5-9-20(18)27-12-6-3-7-13-27)26-22(29)15-17-10-11-19(24(30)31)21(28)14-17/h4-5,8-11,14,16,23,28H,3,6-7,12-13,15H2,1-2H3,(H,26,29)(H,30,31). The van der Waals surface area contributed by atoms with Crippen LogP contribution in [-0.4, -0.2) is 47.3 Å². The van der Waals surface area contributed by atoms with Crippen LogP contribution < -0.4 is 10.2 Å². The third-order valence-electron chi connectivity index (χ3n) is 5.49. The number of aromatic carboxylic acids is 1. The van der Waals surface area contributed by atoms with Crippen molar-refractivity contribution in [1.29, 1.82) is 0 Å². The number of amides is 1. The summed E-state index contributed by atoms with van der Waals surface area (Å²) in [5.74, 6) is -2.67. The number of rotatable bonds is 8. The number of anilines is 1. The molecule has 0 saturated carbocycles. The molecule has 0 spiro atoms. The number of benzene rings is 2. The number of ether oxygens (including phenoxy) is 1. The largest absolute Gasteiger partial charge is 0.507 e. The summed E-state index contributed by atoms with van der Waals surface area (Å²) < 4.78 is 5.44. The lowest BCUT2D eigenvalue weighted by Crippen LogP contribution is -2.38. The van der Waals surface area contributed by atoms with Crippen molar-refractivity contribution in [3.63, 3.8) is 0 Å². The summed E-state index contributed by atoms with van der Waals surface area (Å²) in [6.07, 6.45) is 2.82. The summed E-state index contributed by atoms with van der Waals surface area (Å²) in [4.78, 5) is 39.2. The van der Waals surface area contributed by atoms with E-state index in [1.807, 2.05) is 24.3 Å². The number of piperidine rings is 1. The predicted octanol–water partition coefficient (Wildman–Crippen LogP) is 3.43. The van der Waals surface area contributed by atoms with Crippen LogP contribution >= 0.6 is 0 Å². The second kappa shape index (κ2) is 10.8. The molecule has 176 valence electrons. The number of carboxylic acids is 1. The van der Waals surface area contributed by atoms with Gasteiger partial charge in [-0.05, 0) is 56.9 Å². The molecule has 3 N–H and O–H groups in total. The number of aromatic hydroxyl groups is 1. The number of nitrogens with zero attached hydrogens (tertiary/aromatic N) is 1. The Bertz CT molecular complexity index is 1010. The molecule has 0 aliphatic carbocycles. The Morgan fingerprint density at radius 2 is 1.76 bits per heavy atom. The molecule has 0 bridgehead atoms. The zero-order valence-electron chi connectivity index (χ0n) is 18.9. The van der Waals surface area contributed by atoms with Gasteiger partial charge in [-0.25, -0.2) is 9.59 Å². The van der Waals surface area contributed by atoms with Crippen LogP contribution in [0.5, 0.6) is 5.75 Å². The third-order valence-corrected chi connectivity index (χ3v) is 5.49. The van der Waals surface area contributed by atoms with Crippen molar-refractivity contribution < 1.29 is 29.3 Å². The van der Waals surface area contributed by atoms with Crippen molar-refractivity contribution in [2.24, 2.45) is 0 Å². The van der Waals surface area contributed by atoms with E-state index in [0.29, 0.717) is 11.1 Å². The van der Waals surface area contributed by atoms with Crippen LogP contribution in [0.2, 0.25) is 0 Å². The Balaban J connectivity index is 1.85. The van der Waals surface area contributed by atoms with Gasteiger partial charge in [0.1, 0.15) is 11.3 Å². The van der Waals surface area contributed by atoms with Crippen molar-refractivity contribution in [1.82, 2.24) is 5.32 Å². The van der Waals surface area contributed by atoms with Crippen molar-refractivity contribution in [2.45, 2.75) is 51.7 Å². The molecule has 1 heterocycles. The summed E-state index contributed by atoms with van der Waals surface area (Å²) in [7, 11) is 0. The first-order chi connectivity index (χ1) is 15.8. The van der Waals surface area contributed by atoms with Gasteiger partial charge in [0.15, 0.2) is 6.04 Å². The van der Waals surface area contributed by atoms with Crippen LogP contribution in [0.15, 0.2) is 42.5 Å². The maximum Gasteiger partial charge on any atom is 0.339 e. The van der Waals surface area contributed by atoms with Gasteiger partial charge in [-0.15, -0.1) is 0 Å². The smallest absolute Gasteiger partial charge is 0.339 e. The van der Waals surface area contributed by atoms with E-state index >= 15 is 0 Å². The first-order valence-corrected chi connectivity index (χ1v) is 11.1. The first kappa shape index (κ1) is 24.1. The fourth-order valence-corrected chi connectivity index (χ4v) is 3.98. The van der Waals surface area contributed by atoms with Gasteiger partial charge < -0.3 is 25.2 Å². The van der Waals surface area contributed by atoms with E-state index in [2.05, 4.69) is 10.2 Å². The minimum atomic E-state index is -1.26. The monoisotopic (exact) mass is 454 g/mol. The fourth-order valence-electron chi connectivity index (χ4n) is 3.98. The number of hydrogen-bond donors (Lipinski definition) is 3. The van der Waals surface area contributed by atoms with Crippen LogP contribution in [0.25, 0.3) is 0 Å². The molecular weight excluding hydrogens is 424 g/mol. The molecule has 0 aromatic heterocycles. The predicted molar refractivity (Wildman–Crippen MR) is 123 cm³/mol. The summed E-state index contributed by atoms with van der Waals surface area (Å²) >= 11 is 0. The molecule has 1 atom stereocenters. The molecule has 33 heavy (non-hydrogen) atoms. The summed E-state index contributed by atoms with van der Waals surface area (Å²) in [5.41, 5.74) is 1.75. The molecule has 8 heteroatoms. The van der Waals surface area contributed by atoms with Crippen LogP contribution in [0, 0.1) is 0 Å². The Morgan fingerprint density at radius 1 is 1.06 bits per heavy atom. The number of hydrogen-bond acceptors (Lipinski definition) is 6. The molecule has 1 fully saturated rings. The summed E-state index contributed by atoms with van der Waals surface area (Å²) in [6.45, 7) is 5.26. The van der Waals surface area contributed by atoms with Gasteiger partial charge in [0.25, 0.3) is 0 Å². The van der Waals surface area contributed by atoms with Gasteiger partial charge in [-0.2, -0.15) is 0 Å². The molecule has 0 radical (unpaired) electrons. The second-order valence-corrected chi connectivity index (χ2v) is 8.43. The highest BCUT2D eigenvalue weighted by atomic mass is 16.5. The van der Waals surface area contributed by atoms with E-state index < -0.39 is 29.6 Å². The molecule has 2 aromatic rings. The summed E-state index contributed by atoms with van der Waals surface area (Å²) in [5, 5.41) is 21.8. The minimum absolute atomic E-state index is 0.134. The molecule has 3 rings (SSSR count). The highest BCUT2D eigenvalue weighted by Gasteiger charge is 2.29. The lowest BCUT2D eigenvalue weighted by molar-refractivity contribution is -0.151. The van der Waals surface area contributed by atoms with Gasteiger partial charge >= 0.3 is 11.9 Å². The number of carbonyl (C=O) groups excluding carboxylic acids is 2. The van der Waals surface area contributed by atoms with Gasteiger partial charge in [0.05, 0.1) is 12.5 Å². The normalized spacial score (nSPS) is 14.6. The zero-order valence-corrected chi connectivity index (χ0v) is 18.9. The Hall–Kier alpha value is -3.55. The van der Waals surface area contributed by atoms with E-state index in [9.17, 15) is 19.5 Å². The van der Waals surface area contributed by atoms with Crippen molar-refractivity contribution in [3.05, 3.63) is 59.2 Å². The zero-order chi connectivity index (χ0) is 24.0. The number of carboxylic acid groups (broad SMARTS) is 1. The molecule has 1 amide bonds. The molecule has 8 nitrogen and oxygen atoms in total. The van der Waals surface area contributed by atoms with Gasteiger partial charge in [0, 0.05) is 24.3 Å². The third kappa shape index (κ3) is 6.25. The van der Waals surface area contributed by atoms with E-state index in [4.69, 9.17) is 9.84 Å². The highest BCUT2D eigenvalue weighted by Crippen LogP contribution is 2.30. The van der Waals surface area contributed by atoms with Crippen LogP contribution in [0.4, 0.5) is 5.69 Å². The number of carbonyl (C=O) groups is 3. The Kier molecular flexibility index (Phi) is 7.92. The molecule has 1 unspecified atom stereocenters. The molecule has 1 aliphatic rings. The van der Waals surface area contributed by atoms with Crippen LogP contribution in [0.3, 0.4) is 0 Å². The Morgan fingerprint density at radius 3 is 2.39 bits per heavy atom. The highest BCUT2D eigenvalue weighted by molar-refractivity contribution is 5.91. The average molecular weight is 455 g/mol. The maximum absolute atomic E-state index is 13.0. The topological polar surface area (TPSA) is 116 Å². The maximum atomic E-state index is 13.0. The quantitative estimate of drug-likeness (QED) is 0.523. The van der Waals surface area contributed by atoms with E-state index in [0.717, 1.165) is 31.6 Å². The number of para-hydroxylation sites is 1. The number of phenols is 1. The molecule has 1 saturated heterocycles. The van der Waals surface area contributed by atoms with E-state index in [1.54, 1.807) is 13.8 Å². The fraction of sp³-hybridized carbons (Fsp3) is 0.400. The Labute approximate surface area is 193 Å². The first-order valence-electron chi connectivity index (χ1n) is 11.1.